The van der Waals surface area contributed by atoms with Crippen molar-refractivity contribution < 1.29 is 0 Å². The van der Waals surface area contributed by atoms with Crippen LogP contribution in [0, 0.1) is 5.41 Å². The van der Waals surface area contributed by atoms with Crippen LogP contribution in [0.25, 0.3) is 10.9 Å². The molecule has 2 unspecified atom stereocenters. The maximum Gasteiger partial charge on any atom is 0.126 e. The van der Waals surface area contributed by atoms with Crippen LogP contribution in [-0.4, -0.2) is 22.9 Å². The van der Waals surface area contributed by atoms with E-state index in [2.05, 4.69) is 29.8 Å². The molecule has 1 aromatic heterocycles. The molecule has 0 radical (unpaired) electrons. The lowest BCUT2D eigenvalue weighted by molar-refractivity contribution is 0.629. The molecule has 2 heterocycles. The summed E-state index contributed by atoms with van der Waals surface area (Å²) in [5.74, 6) is 0.0946. The summed E-state index contributed by atoms with van der Waals surface area (Å²) in [4.78, 5) is 6.92. The molecule has 0 saturated carbocycles. The highest BCUT2D eigenvalue weighted by Gasteiger charge is 2.32. The van der Waals surface area contributed by atoms with E-state index in [4.69, 9.17) is 11.1 Å². The number of benzene rings is 1. The highest BCUT2D eigenvalue weighted by atomic mass is 15.2. The van der Waals surface area contributed by atoms with Gasteiger partial charge in [-0.05, 0) is 32.3 Å². The van der Waals surface area contributed by atoms with E-state index in [0.29, 0.717) is 12.1 Å². The quantitative estimate of drug-likeness (QED) is 0.670. The number of rotatable bonds is 3. The second kappa shape index (κ2) is 5.35. The van der Waals surface area contributed by atoms with Gasteiger partial charge in [0.2, 0.25) is 0 Å². The summed E-state index contributed by atoms with van der Waals surface area (Å²) in [5, 5.41) is 9.01. The van der Waals surface area contributed by atoms with Crippen molar-refractivity contribution in [2.24, 2.45) is 5.73 Å². The number of para-hydroxylation sites is 1. The van der Waals surface area contributed by atoms with Gasteiger partial charge in [-0.2, -0.15) is 0 Å². The number of nitrogens with one attached hydrogen (secondary N) is 1. The number of nitrogens with two attached hydrogens (primary N) is 1. The number of nitrogens with zero attached hydrogens (tertiary/aromatic N) is 2. The maximum atomic E-state index is 7.92. The zero-order valence-electron chi connectivity index (χ0n) is 12.6. The van der Waals surface area contributed by atoms with Gasteiger partial charge in [-0.15, -0.1) is 0 Å². The Balaban J connectivity index is 2.27. The van der Waals surface area contributed by atoms with E-state index in [1.54, 1.807) is 6.20 Å². The minimum absolute atomic E-state index is 0.0946. The van der Waals surface area contributed by atoms with Crippen LogP contribution in [-0.2, 0) is 0 Å². The summed E-state index contributed by atoms with van der Waals surface area (Å²) in [5.41, 5.74) is 8.63. The largest absolute Gasteiger partial charge is 0.384 e. The molecule has 4 nitrogen and oxygen atoms in total. The van der Waals surface area contributed by atoms with Crippen LogP contribution in [0.1, 0.15) is 38.7 Å². The van der Waals surface area contributed by atoms with Crippen LogP contribution < -0.4 is 10.6 Å². The van der Waals surface area contributed by atoms with Crippen molar-refractivity contribution >= 4 is 22.4 Å². The average Bonchev–Trinajstić information content (AvgIpc) is 2.86. The van der Waals surface area contributed by atoms with Gasteiger partial charge in [0, 0.05) is 23.7 Å². The van der Waals surface area contributed by atoms with E-state index in [1.807, 2.05) is 18.2 Å². The number of anilines is 1. The lowest BCUT2D eigenvalue weighted by atomic mass is 10.0. The summed E-state index contributed by atoms with van der Waals surface area (Å²) in [7, 11) is 0. The highest BCUT2D eigenvalue weighted by molar-refractivity contribution is 6.08. The molecule has 2 atom stereocenters. The van der Waals surface area contributed by atoms with Gasteiger partial charge in [0.1, 0.15) is 5.84 Å². The molecule has 110 valence electrons. The SMILES string of the molecule is CCC1CCC(C)N1c1c(C(=N)N)cnc2ccccc12. The number of aromatic nitrogens is 1. The Hall–Kier alpha value is -2.10. The number of nitrogen functional groups attached to an aromatic ring is 1. The molecule has 1 aliphatic heterocycles. The van der Waals surface area contributed by atoms with Crippen molar-refractivity contribution in [3.8, 4) is 0 Å². The molecule has 21 heavy (non-hydrogen) atoms. The highest BCUT2D eigenvalue weighted by Crippen LogP contribution is 2.38. The number of fused-ring (bicyclic) bond motifs is 1. The third-order valence-electron chi connectivity index (χ3n) is 4.55. The Morgan fingerprint density at radius 1 is 1.38 bits per heavy atom. The molecule has 4 heteroatoms. The Bertz CT molecular complexity index is 680. The summed E-state index contributed by atoms with van der Waals surface area (Å²) >= 11 is 0. The molecule has 3 N–H and O–H groups in total. The van der Waals surface area contributed by atoms with Crippen LogP contribution in [0.2, 0.25) is 0 Å². The molecule has 1 aliphatic rings. The molecular formula is C17H22N4. The minimum atomic E-state index is 0.0946. The van der Waals surface area contributed by atoms with Crippen molar-refractivity contribution in [1.29, 1.82) is 5.41 Å². The van der Waals surface area contributed by atoms with Crippen molar-refractivity contribution in [3.63, 3.8) is 0 Å². The third kappa shape index (κ3) is 2.24. The molecule has 3 rings (SSSR count). The predicted molar refractivity (Wildman–Crippen MR) is 88.0 cm³/mol. The summed E-state index contributed by atoms with van der Waals surface area (Å²) in [6.45, 7) is 4.49. The Labute approximate surface area is 125 Å². The molecule has 0 spiro atoms. The summed E-state index contributed by atoms with van der Waals surface area (Å²) in [6.07, 6.45) is 5.24. The normalized spacial score (nSPS) is 21.9. The zero-order chi connectivity index (χ0) is 15.0. The van der Waals surface area contributed by atoms with E-state index in [-0.39, 0.29) is 5.84 Å². The lowest BCUT2D eigenvalue weighted by Crippen LogP contribution is -2.36. The first kappa shape index (κ1) is 13.9. The van der Waals surface area contributed by atoms with Gasteiger partial charge in [-0.25, -0.2) is 0 Å². The number of hydrogen-bond donors (Lipinski definition) is 2. The van der Waals surface area contributed by atoms with Gasteiger partial charge in [0.25, 0.3) is 0 Å². The molecule has 0 aliphatic carbocycles. The van der Waals surface area contributed by atoms with Crippen molar-refractivity contribution in [2.75, 3.05) is 4.90 Å². The second-order valence-corrected chi connectivity index (χ2v) is 5.85. The Kier molecular flexibility index (Phi) is 3.53. The molecule has 1 fully saturated rings. The summed E-state index contributed by atoms with van der Waals surface area (Å²) in [6, 6.07) is 9.12. The second-order valence-electron chi connectivity index (χ2n) is 5.85. The minimum Gasteiger partial charge on any atom is -0.384 e. The van der Waals surface area contributed by atoms with Crippen LogP contribution in [0.15, 0.2) is 30.5 Å². The average molecular weight is 282 g/mol. The van der Waals surface area contributed by atoms with Gasteiger partial charge in [-0.1, -0.05) is 25.1 Å². The first-order chi connectivity index (χ1) is 10.1. The van der Waals surface area contributed by atoms with Crippen LogP contribution in [0.3, 0.4) is 0 Å². The maximum absolute atomic E-state index is 7.92. The molecule has 1 saturated heterocycles. The number of pyridine rings is 1. The zero-order valence-corrected chi connectivity index (χ0v) is 12.6. The third-order valence-corrected chi connectivity index (χ3v) is 4.55. The smallest absolute Gasteiger partial charge is 0.126 e. The van der Waals surface area contributed by atoms with Gasteiger partial charge >= 0.3 is 0 Å². The van der Waals surface area contributed by atoms with Crippen LogP contribution in [0.4, 0.5) is 5.69 Å². The topological polar surface area (TPSA) is 66.0 Å². The van der Waals surface area contributed by atoms with Crippen molar-refractivity contribution in [2.45, 2.75) is 45.2 Å². The monoisotopic (exact) mass is 282 g/mol. The Morgan fingerprint density at radius 3 is 2.86 bits per heavy atom. The van der Waals surface area contributed by atoms with E-state index in [9.17, 15) is 0 Å². The Morgan fingerprint density at radius 2 is 2.14 bits per heavy atom. The van der Waals surface area contributed by atoms with Crippen molar-refractivity contribution in [1.82, 2.24) is 4.98 Å². The number of hydrogen-bond acceptors (Lipinski definition) is 3. The standard InChI is InChI=1S/C17H22N4/c1-3-12-9-8-11(2)21(12)16-13-6-4-5-7-15(13)20-10-14(16)17(18)19/h4-7,10-12H,3,8-9H2,1-2H3,(H3,18,19). The lowest BCUT2D eigenvalue weighted by Gasteiger charge is -2.33. The van der Waals surface area contributed by atoms with Gasteiger partial charge in [0.15, 0.2) is 0 Å². The van der Waals surface area contributed by atoms with Gasteiger partial charge < -0.3 is 10.6 Å². The van der Waals surface area contributed by atoms with Crippen LogP contribution in [0.5, 0.6) is 0 Å². The fourth-order valence-electron chi connectivity index (χ4n) is 3.48. The summed E-state index contributed by atoms with van der Waals surface area (Å²) < 4.78 is 0. The molecule has 0 bridgehead atoms. The first-order valence-electron chi connectivity index (χ1n) is 7.64. The molecule has 0 amide bonds. The van der Waals surface area contributed by atoms with Crippen LogP contribution >= 0.6 is 0 Å². The van der Waals surface area contributed by atoms with E-state index < -0.39 is 0 Å². The van der Waals surface area contributed by atoms with Crippen molar-refractivity contribution in [3.05, 3.63) is 36.0 Å². The van der Waals surface area contributed by atoms with E-state index >= 15 is 0 Å². The first-order valence-corrected chi connectivity index (χ1v) is 7.64. The van der Waals surface area contributed by atoms with E-state index in [0.717, 1.165) is 28.6 Å². The van der Waals surface area contributed by atoms with E-state index in [1.165, 1.54) is 12.8 Å². The molecule has 1 aromatic carbocycles. The number of amidine groups is 1. The predicted octanol–water partition coefficient (Wildman–Crippen LogP) is 3.29. The fourth-order valence-corrected chi connectivity index (χ4v) is 3.48. The van der Waals surface area contributed by atoms with Gasteiger partial charge in [-0.3, -0.25) is 10.4 Å². The van der Waals surface area contributed by atoms with Gasteiger partial charge in [0.05, 0.1) is 16.8 Å². The molecule has 2 aromatic rings. The fraction of sp³-hybridized carbons (Fsp3) is 0.412. The molecular weight excluding hydrogens is 260 g/mol.